The largest absolute Gasteiger partial charge is 0.474 e. The molecule has 0 amide bonds. The maximum absolute atomic E-state index is 13.9. The third kappa shape index (κ3) is 6.62. The van der Waals surface area contributed by atoms with Crippen molar-refractivity contribution < 1.29 is 27.4 Å². The van der Waals surface area contributed by atoms with Crippen molar-refractivity contribution in [2.45, 2.75) is 75.5 Å². The van der Waals surface area contributed by atoms with Gasteiger partial charge in [-0.2, -0.15) is 18.2 Å². The van der Waals surface area contributed by atoms with Crippen molar-refractivity contribution in [2.75, 3.05) is 18.5 Å². The molecule has 0 aromatic carbocycles. The van der Waals surface area contributed by atoms with Gasteiger partial charge in [0.15, 0.2) is 11.9 Å². The van der Waals surface area contributed by atoms with Crippen LogP contribution in [0.5, 0.6) is 5.88 Å². The molecule has 222 valence electrons. The molecule has 42 heavy (non-hydrogen) atoms. The standard InChI is InChI=1S/C29H32F3N7O3/c30-29(31,32)22-17-34-28(35-21-9-5-7-19(15-21)26-38-37-24-10-1-3-13-39(24)26)36-27(22)41-18-23(20-8-6-12-33-16-20)42-25-11-2-4-14-40-25/h1,3,6,8,10,12-13,16-17,19,21,23,25H,2,4-5,7,9,11,14-15,18H2,(H,34,35,36)/t19-,21+,23+,25?/m0/s1. The molecule has 4 aromatic rings. The first-order valence-electron chi connectivity index (χ1n) is 14.2. The lowest BCUT2D eigenvalue weighted by Crippen LogP contribution is -2.29. The van der Waals surface area contributed by atoms with Crippen LogP contribution in [0.3, 0.4) is 0 Å². The lowest BCUT2D eigenvalue weighted by Gasteiger charge is -2.29. The van der Waals surface area contributed by atoms with Crippen LogP contribution in [-0.2, 0) is 15.7 Å². The smallest absolute Gasteiger partial charge is 0.423 e. The van der Waals surface area contributed by atoms with Gasteiger partial charge >= 0.3 is 6.18 Å². The van der Waals surface area contributed by atoms with E-state index >= 15 is 0 Å². The highest BCUT2D eigenvalue weighted by Gasteiger charge is 2.37. The Morgan fingerprint density at radius 3 is 2.79 bits per heavy atom. The highest BCUT2D eigenvalue weighted by atomic mass is 19.4. The van der Waals surface area contributed by atoms with Crippen molar-refractivity contribution in [1.82, 2.24) is 29.5 Å². The number of alkyl halides is 3. The van der Waals surface area contributed by atoms with Crippen LogP contribution in [0.25, 0.3) is 5.65 Å². The number of rotatable bonds is 9. The minimum absolute atomic E-state index is 0.0562. The van der Waals surface area contributed by atoms with E-state index in [4.69, 9.17) is 14.2 Å². The molecule has 1 N–H and O–H groups in total. The van der Waals surface area contributed by atoms with Gasteiger partial charge in [-0.15, -0.1) is 10.2 Å². The molecule has 1 saturated heterocycles. The predicted molar refractivity (Wildman–Crippen MR) is 146 cm³/mol. The summed E-state index contributed by atoms with van der Waals surface area (Å²) in [6, 6.07) is 9.22. The zero-order valence-corrected chi connectivity index (χ0v) is 22.9. The van der Waals surface area contributed by atoms with Gasteiger partial charge in [-0.05, 0) is 56.7 Å². The van der Waals surface area contributed by atoms with Gasteiger partial charge in [-0.3, -0.25) is 9.38 Å². The van der Waals surface area contributed by atoms with E-state index in [-0.39, 0.29) is 24.5 Å². The highest BCUT2D eigenvalue weighted by molar-refractivity contribution is 5.38. The fourth-order valence-corrected chi connectivity index (χ4v) is 5.55. The Hall–Kier alpha value is -3.84. The van der Waals surface area contributed by atoms with E-state index in [0.29, 0.717) is 25.0 Å². The minimum Gasteiger partial charge on any atom is -0.474 e. The summed E-state index contributed by atoms with van der Waals surface area (Å²) in [6.45, 7) is 0.357. The minimum atomic E-state index is -4.70. The molecule has 4 aromatic heterocycles. The maximum Gasteiger partial charge on any atom is 0.423 e. The van der Waals surface area contributed by atoms with Crippen LogP contribution < -0.4 is 10.1 Å². The summed E-state index contributed by atoms with van der Waals surface area (Å²) < 4.78 is 61.3. The normalized spacial score (nSPS) is 22.1. The predicted octanol–water partition coefficient (Wildman–Crippen LogP) is 5.73. The Labute approximate surface area is 240 Å². The number of hydrogen-bond acceptors (Lipinski definition) is 9. The fraction of sp³-hybridized carbons (Fsp3) is 0.483. The average Bonchev–Trinajstić information content (AvgIpc) is 3.44. The number of hydrogen-bond donors (Lipinski definition) is 1. The first kappa shape index (κ1) is 28.3. The molecule has 1 unspecified atom stereocenters. The quantitative estimate of drug-likeness (QED) is 0.264. The van der Waals surface area contributed by atoms with E-state index in [1.54, 1.807) is 24.5 Å². The Kier molecular flexibility index (Phi) is 8.47. The summed E-state index contributed by atoms with van der Waals surface area (Å²) >= 11 is 0. The zero-order chi connectivity index (χ0) is 28.9. The summed E-state index contributed by atoms with van der Waals surface area (Å²) in [6.07, 6.45) is 6.03. The van der Waals surface area contributed by atoms with Crippen LogP contribution in [-0.4, -0.2) is 55.1 Å². The summed E-state index contributed by atoms with van der Waals surface area (Å²) in [4.78, 5) is 12.3. The Morgan fingerprint density at radius 2 is 1.98 bits per heavy atom. The van der Waals surface area contributed by atoms with Crippen LogP contribution >= 0.6 is 0 Å². The van der Waals surface area contributed by atoms with Gasteiger partial charge < -0.3 is 19.5 Å². The van der Waals surface area contributed by atoms with Crippen LogP contribution in [0.1, 0.15) is 73.9 Å². The number of aromatic nitrogens is 6. The third-order valence-electron chi connectivity index (χ3n) is 7.65. The number of nitrogens with zero attached hydrogens (tertiary/aromatic N) is 6. The molecule has 1 aliphatic carbocycles. The van der Waals surface area contributed by atoms with Crippen molar-refractivity contribution in [2.24, 2.45) is 0 Å². The highest BCUT2D eigenvalue weighted by Crippen LogP contribution is 2.37. The van der Waals surface area contributed by atoms with Gasteiger partial charge in [0.05, 0.1) is 0 Å². The lowest BCUT2D eigenvalue weighted by atomic mass is 9.85. The van der Waals surface area contributed by atoms with Crippen molar-refractivity contribution in [3.05, 3.63) is 72.1 Å². The topological polar surface area (TPSA) is 109 Å². The molecule has 1 aliphatic heterocycles. The van der Waals surface area contributed by atoms with Crippen LogP contribution in [0.4, 0.5) is 19.1 Å². The molecule has 0 radical (unpaired) electrons. The number of pyridine rings is 2. The van der Waals surface area contributed by atoms with Crippen LogP contribution in [0.2, 0.25) is 0 Å². The van der Waals surface area contributed by atoms with Gasteiger partial charge in [-0.25, -0.2) is 4.98 Å². The third-order valence-corrected chi connectivity index (χ3v) is 7.65. The molecular formula is C29H32F3N7O3. The summed E-state index contributed by atoms with van der Waals surface area (Å²) in [5.74, 6) is 0.526. The van der Waals surface area contributed by atoms with Gasteiger partial charge in [0.1, 0.15) is 24.1 Å². The van der Waals surface area contributed by atoms with E-state index in [2.05, 4.69) is 30.5 Å². The fourth-order valence-electron chi connectivity index (χ4n) is 5.55. The van der Waals surface area contributed by atoms with Crippen LogP contribution in [0.15, 0.2) is 55.1 Å². The summed E-state index contributed by atoms with van der Waals surface area (Å²) in [7, 11) is 0. The molecule has 6 rings (SSSR count). The van der Waals surface area contributed by atoms with Gasteiger partial charge in [0, 0.05) is 48.9 Å². The zero-order valence-electron chi connectivity index (χ0n) is 22.9. The second kappa shape index (κ2) is 12.6. The van der Waals surface area contributed by atoms with E-state index in [1.807, 2.05) is 28.8 Å². The van der Waals surface area contributed by atoms with E-state index < -0.39 is 30.0 Å². The van der Waals surface area contributed by atoms with Crippen LogP contribution in [0, 0.1) is 0 Å². The van der Waals surface area contributed by atoms with Crippen molar-refractivity contribution in [3.8, 4) is 5.88 Å². The van der Waals surface area contributed by atoms with Crippen molar-refractivity contribution >= 4 is 11.6 Å². The Bertz CT molecular complexity index is 1460. The molecule has 1 saturated carbocycles. The first-order valence-corrected chi connectivity index (χ1v) is 14.2. The number of anilines is 1. The molecule has 2 aliphatic rings. The number of fused-ring (bicyclic) bond motifs is 1. The Balaban J connectivity index is 1.18. The van der Waals surface area contributed by atoms with Crippen molar-refractivity contribution in [1.29, 1.82) is 0 Å². The number of halogens is 3. The molecule has 4 atom stereocenters. The molecular weight excluding hydrogens is 551 g/mol. The van der Waals surface area contributed by atoms with Gasteiger partial charge in [0.2, 0.25) is 11.8 Å². The van der Waals surface area contributed by atoms with E-state index in [9.17, 15) is 13.2 Å². The van der Waals surface area contributed by atoms with Crippen molar-refractivity contribution in [3.63, 3.8) is 0 Å². The second-order valence-electron chi connectivity index (χ2n) is 10.6. The summed E-state index contributed by atoms with van der Waals surface area (Å²) in [5.41, 5.74) is 0.393. The Morgan fingerprint density at radius 1 is 1.05 bits per heavy atom. The molecule has 13 heteroatoms. The van der Waals surface area contributed by atoms with E-state index in [0.717, 1.165) is 49.8 Å². The molecule has 5 heterocycles. The SMILES string of the molecule is FC(F)(F)c1cnc(N[C@@H]2CCC[C@H](c3nnc4ccccn34)C2)nc1OC[C@@H](OC1CCCCO1)c1cccnc1. The van der Waals surface area contributed by atoms with Gasteiger partial charge in [-0.1, -0.05) is 18.6 Å². The number of nitrogens with one attached hydrogen (secondary N) is 1. The second-order valence-corrected chi connectivity index (χ2v) is 10.6. The average molecular weight is 584 g/mol. The number of ether oxygens (including phenoxy) is 3. The molecule has 0 spiro atoms. The van der Waals surface area contributed by atoms with E-state index in [1.165, 1.54) is 0 Å². The molecule has 0 bridgehead atoms. The van der Waals surface area contributed by atoms with Gasteiger partial charge in [0.25, 0.3) is 0 Å². The maximum atomic E-state index is 13.9. The monoisotopic (exact) mass is 583 g/mol. The molecule has 10 nitrogen and oxygen atoms in total. The first-order chi connectivity index (χ1) is 20.4. The summed E-state index contributed by atoms with van der Waals surface area (Å²) in [5, 5.41) is 11.9. The molecule has 2 fully saturated rings. The lowest BCUT2D eigenvalue weighted by molar-refractivity contribution is -0.195.